The third-order valence-electron chi connectivity index (χ3n) is 2.68. The smallest absolute Gasteiger partial charge is 0.169 e. The van der Waals surface area contributed by atoms with E-state index < -0.39 is 0 Å². The second-order valence-electron chi connectivity index (χ2n) is 4.41. The van der Waals surface area contributed by atoms with Gasteiger partial charge in [-0.2, -0.15) is 0 Å². The molecule has 0 radical (unpaired) electrons. The van der Waals surface area contributed by atoms with Crippen LogP contribution in [0.1, 0.15) is 31.0 Å². The normalized spacial score (nSPS) is 11.2. The molecule has 1 heterocycles. The molecule has 0 bridgehead atoms. The second kappa shape index (κ2) is 5.16. The topological polar surface area (TPSA) is 56.7 Å². The molecule has 96 valence electrons. The molecule has 2 rings (SSSR count). The van der Waals surface area contributed by atoms with Crippen LogP contribution in [0.2, 0.25) is 10.0 Å². The van der Waals surface area contributed by atoms with Gasteiger partial charge in [0, 0.05) is 10.0 Å². The molecule has 18 heavy (non-hydrogen) atoms. The molecular formula is C12H14Cl2N4. The number of benzene rings is 1. The van der Waals surface area contributed by atoms with Crippen LogP contribution in [-0.4, -0.2) is 15.0 Å². The first-order valence-corrected chi connectivity index (χ1v) is 6.37. The highest BCUT2D eigenvalue weighted by molar-refractivity contribution is 6.35. The van der Waals surface area contributed by atoms with Crippen LogP contribution in [0.15, 0.2) is 18.2 Å². The average molecular weight is 285 g/mol. The maximum atomic E-state index is 6.14. The summed E-state index contributed by atoms with van der Waals surface area (Å²) in [6.45, 7) is 4.64. The van der Waals surface area contributed by atoms with Crippen molar-refractivity contribution in [2.24, 2.45) is 0 Å². The molecule has 0 aliphatic carbocycles. The predicted molar refractivity (Wildman–Crippen MR) is 74.1 cm³/mol. The summed E-state index contributed by atoms with van der Waals surface area (Å²) in [6.07, 6.45) is 0. The van der Waals surface area contributed by atoms with Crippen molar-refractivity contribution >= 4 is 29.0 Å². The van der Waals surface area contributed by atoms with Crippen molar-refractivity contribution in [1.29, 1.82) is 0 Å². The SMILES string of the molecule is CC(C)c1c(N)nnn1Cc1ccc(Cl)cc1Cl. The van der Waals surface area contributed by atoms with Crippen molar-refractivity contribution in [3.63, 3.8) is 0 Å². The highest BCUT2D eigenvalue weighted by Gasteiger charge is 2.14. The minimum Gasteiger partial charge on any atom is -0.381 e. The third-order valence-corrected chi connectivity index (χ3v) is 3.27. The van der Waals surface area contributed by atoms with Gasteiger partial charge in [-0.15, -0.1) is 5.10 Å². The summed E-state index contributed by atoms with van der Waals surface area (Å²) in [7, 11) is 0. The lowest BCUT2D eigenvalue weighted by molar-refractivity contribution is 0.598. The number of rotatable bonds is 3. The zero-order valence-corrected chi connectivity index (χ0v) is 11.7. The molecular weight excluding hydrogens is 271 g/mol. The van der Waals surface area contributed by atoms with E-state index >= 15 is 0 Å². The molecule has 4 nitrogen and oxygen atoms in total. The van der Waals surface area contributed by atoms with Gasteiger partial charge in [-0.05, 0) is 23.6 Å². The molecule has 0 aliphatic heterocycles. The van der Waals surface area contributed by atoms with E-state index in [1.54, 1.807) is 16.8 Å². The Balaban J connectivity index is 2.34. The maximum absolute atomic E-state index is 6.14. The van der Waals surface area contributed by atoms with E-state index in [4.69, 9.17) is 28.9 Å². The molecule has 2 N–H and O–H groups in total. The summed E-state index contributed by atoms with van der Waals surface area (Å²) in [4.78, 5) is 0. The number of aromatic nitrogens is 3. The zero-order valence-electron chi connectivity index (χ0n) is 10.2. The summed E-state index contributed by atoms with van der Waals surface area (Å²) < 4.78 is 1.77. The number of halogens is 2. The van der Waals surface area contributed by atoms with E-state index in [9.17, 15) is 0 Å². The predicted octanol–water partition coefficient (Wildman–Crippen LogP) is 3.34. The minimum atomic E-state index is 0.256. The molecule has 0 unspecified atom stereocenters. The van der Waals surface area contributed by atoms with Crippen LogP contribution in [-0.2, 0) is 6.54 Å². The zero-order chi connectivity index (χ0) is 13.3. The summed E-state index contributed by atoms with van der Waals surface area (Å²) in [5, 5.41) is 9.18. The summed E-state index contributed by atoms with van der Waals surface area (Å²) in [6, 6.07) is 5.40. The fraction of sp³-hybridized carbons (Fsp3) is 0.333. The van der Waals surface area contributed by atoms with Crippen LogP contribution >= 0.6 is 23.2 Å². The quantitative estimate of drug-likeness (QED) is 0.941. The van der Waals surface area contributed by atoms with Gasteiger partial charge in [0.15, 0.2) is 5.82 Å². The lowest BCUT2D eigenvalue weighted by Gasteiger charge is -2.10. The third kappa shape index (κ3) is 2.60. The highest BCUT2D eigenvalue weighted by Crippen LogP contribution is 2.24. The highest BCUT2D eigenvalue weighted by atomic mass is 35.5. The van der Waals surface area contributed by atoms with Crippen LogP contribution < -0.4 is 5.73 Å². The maximum Gasteiger partial charge on any atom is 0.169 e. The van der Waals surface area contributed by atoms with Crippen LogP contribution in [0.3, 0.4) is 0 Å². The lowest BCUT2D eigenvalue weighted by Crippen LogP contribution is -2.09. The van der Waals surface area contributed by atoms with E-state index in [1.165, 1.54) is 0 Å². The van der Waals surface area contributed by atoms with Crippen molar-refractivity contribution in [2.45, 2.75) is 26.3 Å². The second-order valence-corrected chi connectivity index (χ2v) is 5.25. The van der Waals surface area contributed by atoms with Crippen molar-refractivity contribution in [1.82, 2.24) is 15.0 Å². The van der Waals surface area contributed by atoms with E-state index in [1.807, 2.05) is 6.07 Å². The van der Waals surface area contributed by atoms with Gasteiger partial charge in [0.25, 0.3) is 0 Å². The van der Waals surface area contributed by atoms with Gasteiger partial charge < -0.3 is 5.73 Å². The molecule has 0 fully saturated rings. The molecule has 1 aromatic carbocycles. The summed E-state index contributed by atoms with van der Waals surface area (Å²) in [5.74, 6) is 0.723. The molecule has 0 atom stereocenters. The van der Waals surface area contributed by atoms with Gasteiger partial charge in [-0.25, -0.2) is 4.68 Å². The standard InChI is InChI=1S/C12H14Cl2N4/c1-7(2)11-12(15)16-17-18(11)6-8-3-4-9(13)5-10(8)14/h3-5,7H,6,15H2,1-2H3. The van der Waals surface area contributed by atoms with Crippen LogP contribution in [0, 0.1) is 0 Å². The number of nitrogens with zero attached hydrogens (tertiary/aromatic N) is 3. The Bertz CT molecular complexity index is 563. The number of nitrogen functional groups attached to an aromatic ring is 1. The first-order valence-electron chi connectivity index (χ1n) is 5.62. The Hall–Kier alpha value is -1.26. The van der Waals surface area contributed by atoms with Crippen molar-refractivity contribution in [3.8, 4) is 0 Å². The molecule has 1 aromatic heterocycles. The minimum absolute atomic E-state index is 0.256. The first kappa shape index (κ1) is 13.2. The van der Waals surface area contributed by atoms with Crippen LogP contribution in [0.5, 0.6) is 0 Å². The van der Waals surface area contributed by atoms with Crippen molar-refractivity contribution in [2.75, 3.05) is 5.73 Å². The number of nitrogens with two attached hydrogens (primary N) is 1. The largest absolute Gasteiger partial charge is 0.381 e. The molecule has 2 aromatic rings. The fourth-order valence-electron chi connectivity index (χ4n) is 1.86. The van der Waals surface area contributed by atoms with Gasteiger partial charge in [0.05, 0.1) is 12.2 Å². The summed E-state index contributed by atoms with van der Waals surface area (Å²) >= 11 is 12.0. The number of hydrogen-bond donors (Lipinski definition) is 1. The Labute approximate surface area is 116 Å². The van der Waals surface area contributed by atoms with Gasteiger partial charge in [0.1, 0.15) is 0 Å². The average Bonchev–Trinajstić information content (AvgIpc) is 2.64. The van der Waals surface area contributed by atoms with E-state index in [0.29, 0.717) is 22.4 Å². The Morgan fingerprint density at radius 3 is 2.67 bits per heavy atom. The van der Waals surface area contributed by atoms with E-state index in [-0.39, 0.29) is 5.92 Å². The lowest BCUT2D eigenvalue weighted by atomic mass is 10.1. The van der Waals surface area contributed by atoms with Crippen LogP contribution in [0.4, 0.5) is 5.82 Å². The van der Waals surface area contributed by atoms with Gasteiger partial charge in [0.2, 0.25) is 0 Å². The number of anilines is 1. The van der Waals surface area contributed by atoms with Gasteiger partial charge >= 0.3 is 0 Å². The fourth-order valence-corrected chi connectivity index (χ4v) is 2.32. The molecule has 0 spiro atoms. The van der Waals surface area contributed by atoms with E-state index in [2.05, 4.69) is 24.2 Å². The monoisotopic (exact) mass is 284 g/mol. The van der Waals surface area contributed by atoms with Gasteiger partial charge in [-0.1, -0.05) is 48.3 Å². The first-order chi connectivity index (χ1) is 8.49. The molecule has 6 heteroatoms. The van der Waals surface area contributed by atoms with Crippen molar-refractivity contribution in [3.05, 3.63) is 39.5 Å². The van der Waals surface area contributed by atoms with E-state index in [0.717, 1.165) is 11.3 Å². The Kier molecular flexibility index (Phi) is 3.78. The summed E-state index contributed by atoms with van der Waals surface area (Å²) in [5.41, 5.74) is 7.67. The van der Waals surface area contributed by atoms with Gasteiger partial charge in [-0.3, -0.25) is 0 Å². The number of hydrogen-bond acceptors (Lipinski definition) is 3. The van der Waals surface area contributed by atoms with Crippen LogP contribution in [0.25, 0.3) is 0 Å². The molecule has 0 aliphatic rings. The molecule has 0 amide bonds. The van der Waals surface area contributed by atoms with Crippen molar-refractivity contribution < 1.29 is 0 Å². The Morgan fingerprint density at radius 1 is 1.33 bits per heavy atom. The Morgan fingerprint density at radius 2 is 2.06 bits per heavy atom. The molecule has 0 saturated heterocycles. The molecule has 0 saturated carbocycles.